The van der Waals surface area contributed by atoms with Crippen LogP contribution in [0.2, 0.25) is 0 Å². The summed E-state index contributed by atoms with van der Waals surface area (Å²) in [4.78, 5) is 12.0. The molecule has 0 spiro atoms. The number of hydrogen-bond acceptors (Lipinski definition) is 3. The van der Waals surface area contributed by atoms with Gasteiger partial charge in [-0.15, -0.1) is 0 Å². The van der Waals surface area contributed by atoms with Gasteiger partial charge in [0.05, 0.1) is 12.5 Å². The lowest BCUT2D eigenvalue weighted by Crippen LogP contribution is -2.35. The van der Waals surface area contributed by atoms with Crippen LogP contribution < -0.4 is 15.4 Å². The Morgan fingerprint density at radius 1 is 1.09 bits per heavy atom. The third-order valence-electron chi connectivity index (χ3n) is 2.94. The summed E-state index contributed by atoms with van der Waals surface area (Å²) in [6.07, 6.45) is 0.393. The molecule has 2 rings (SSSR count). The Labute approximate surface area is 141 Å². The molecule has 0 aliphatic heterocycles. The van der Waals surface area contributed by atoms with E-state index in [1.165, 1.54) is 0 Å². The third-order valence-corrected chi connectivity index (χ3v) is 3.15. The lowest BCUT2D eigenvalue weighted by molar-refractivity contribution is -0.119. The number of carbonyl (C=O) groups is 1. The second-order valence-corrected chi connectivity index (χ2v) is 5.76. The molecule has 0 saturated carbocycles. The molecule has 1 amide bonds. The van der Waals surface area contributed by atoms with Gasteiger partial charge in [0, 0.05) is 5.69 Å². The van der Waals surface area contributed by atoms with Gasteiger partial charge in [-0.25, -0.2) is 0 Å². The predicted molar refractivity (Wildman–Crippen MR) is 96.7 cm³/mol. The van der Waals surface area contributed by atoms with Crippen molar-refractivity contribution in [1.29, 1.82) is 0 Å². The molecule has 23 heavy (non-hydrogen) atoms. The topological polar surface area (TPSA) is 50.4 Å². The lowest BCUT2D eigenvalue weighted by atomic mass is 10.1. The molecule has 0 fully saturated rings. The Balaban J connectivity index is 1.83. The predicted octanol–water partition coefficient (Wildman–Crippen LogP) is 3.53. The summed E-state index contributed by atoms with van der Waals surface area (Å²) >= 11 is 5.13. The molecule has 2 aromatic carbocycles. The number of amides is 1. The zero-order chi connectivity index (χ0) is 16.7. The van der Waals surface area contributed by atoms with Crippen molar-refractivity contribution in [2.75, 3.05) is 5.32 Å². The van der Waals surface area contributed by atoms with Crippen LogP contribution in [0, 0.1) is 0 Å². The van der Waals surface area contributed by atoms with Crippen molar-refractivity contribution in [1.82, 2.24) is 5.32 Å². The highest BCUT2D eigenvalue weighted by Crippen LogP contribution is 2.14. The number of nitrogens with one attached hydrogen (secondary N) is 2. The Kier molecular flexibility index (Phi) is 6.11. The third kappa shape index (κ3) is 6.08. The second kappa shape index (κ2) is 8.29. The highest BCUT2D eigenvalue weighted by atomic mass is 32.1. The number of anilines is 1. The first-order chi connectivity index (χ1) is 11.0. The van der Waals surface area contributed by atoms with Crippen LogP contribution in [0.3, 0.4) is 0 Å². The number of rotatable bonds is 5. The van der Waals surface area contributed by atoms with Gasteiger partial charge in [0.2, 0.25) is 5.91 Å². The minimum absolute atomic E-state index is 0.130. The van der Waals surface area contributed by atoms with E-state index in [2.05, 4.69) is 10.6 Å². The number of ether oxygens (including phenoxy) is 1. The molecule has 0 heterocycles. The molecule has 0 unspecified atom stereocenters. The van der Waals surface area contributed by atoms with Crippen molar-refractivity contribution in [3.8, 4) is 5.75 Å². The van der Waals surface area contributed by atoms with E-state index in [4.69, 9.17) is 17.0 Å². The average Bonchev–Trinajstić information content (AvgIpc) is 2.49. The molecule has 0 aliphatic carbocycles. The van der Waals surface area contributed by atoms with Crippen LogP contribution in [-0.2, 0) is 11.2 Å². The van der Waals surface area contributed by atoms with Gasteiger partial charge in [-0.3, -0.25) is 4.79 Å². The van der Waals surface area contributed by atoms with Gasteiger partial charge in [-0.2, -0.15) is 0 Å². The summed E-state index contributed by atoms with van der Waals surface area (Å²) in [7, 11) is 0. The van der Waals surface area contributed by atoms with E-state index < -0.39 is 0 Å². The van der Waals surface area contributed by atoms with Crippen LogP contribution in [-0.4, -0.2) is 17.1 Å². The van der Waals surface area contributed by atoms with E-state index in [1.807, 2.05) is 68.4 Å². The molecular formula is C18H20N2O2S. The quantitative estimate of drug-likeness (QED) is 0.825. The maximum atomic E-state index is 12.0. The van der Waals surface area contributed by atoms with Crippen molar-refractivity contribution in [2.24, 2.45) is 0 Å². The number of hydrogen-bond donors (Lipinski definition) is 2. The van der Waals surface area contributed by atoms with Crippen molar-refractivity contribution in [2.45, 2.75) is 26.4 Å². The highest BCUT2D eigenvalue weighted by Gasteiger charge is 2.07. The monoisotopic (exact) mass is 328 g/mol. The van der Waals surface area contributed by atoms with Gasteiger partial charge in [0.25, 0.3) is 0 Å². The van der Waals surface area contributed by atoms with Crippen LogP contribution in [0.25, 0.3) is 0 Å². The summed E-state index contributed by atoms with van der Waals surface area (Å²) in [5, 5.41) is 5.94. The maximum absolute atomic E-state index is 12.0. The van der Waals surface area contributed by atoms with E-state index in [0.717, 1.165) is 17.0 Å². The molecule has 0 aromatic heterocycles. The van der Waals surface area contributed by atoms with E-state index in [9.17, 15) is 4.79 Å². The fourth-order valence-electron chi connectivity index (χ4n) is 2.00. The van der Waals surface area contributed by atoms with Crippen molar-refractivity contribution >= 4 is 28.9 Å². The SMILES string of the molecule is CC(C)Oc1ccc(CC(=O)NC(=S)Nc2ccccc2)cc1. The second-order valence-electron chi connectivity index (χ2n) is 5.36. The lowest BCUT2D eigenvalue weighted by Gasteiger charge is -2.11. The van der Waals surface area contributed by atoms with Crippen molar-refractivity contribution in [3.05, 3.63) is 60.2 Å². The first-order valence-electron chi connectivity index (χ1n) is 7.44. The van der Waals surface area contributed by atoms with Crippen molar-refractivity contribution < 1.29 is 9.53 Å². The molecule has 0 bridgehead atoms. The molecular weight excluding hydrogens is 308 g/mol. The molecule has 0 radical (unpaired) electrons. The minimum atomic E-state index is -0.157. The Bertz CT molecular complexity index is 654. The van der Waals surface area contributed by atoms with Crippen LogP contribution in [0.5, 0.6) is 5.75 Å². The normalized spacial score (nSPS) is 10.2. The molecule has 5 heteroatoms. The molecule has 2 N–H and O–H groups in total. The molecule has 120 valence electrons. The van der Waals surface area contributed by atoms with Gasteiger partial charge in [-0.05, 0) is 55.9 Å². The number of carbonyl (C=O) groups excluding carboxylic acids is 1. The minimum Gasteiger partial charge on any atom is -0.491 e. The standard InChI is InChI=1S/C18H20N2O2S/c1-13(2)22-16-10-8-14(9-11-16)12-17(21)20-18(23)19-15-6-4-3-5-7-15/h3-11,13H,12H2,1-2H3,(H2,19,20,21,23). The van der Waals surface area contributed by atoms with E-state index in [-0.39, 0.29) is 18.4 Å². The van der Waals surface area contributed by atoms with E-state index >= 15 is 0 Å². The summed E-state index contributed by atoms with van der Waals surface area (Å²) in [6.45, 7) is 3.95. The number of thiocarbonyl (C=S) groups is 1. The van der Waals surface area contributed by atoms with Gasteiger partial charge in [-0.1, -0.05) is 30.3 Å². The fourth-order valence-corrected chi connectivity index (χ4v) is 2.23. The Hall–Kier alpha value is -2.40. The molecule has 0 aliphatic rings. The number of benzene rings is 2. The maximum Gasteiger partial charge on any atom is 0.230 e. The molecule has 4 nitrogen and oxygen atoms in total. The average molecular weight is 328 g/mol. The number of para-hydroxylation sites is 1. The van der Waals surface area contributed by atoms with Crippen LogP contribution >= 0.6 is 12.2 Å². The Morgan fingerprint density at radius 3 is 2.35 bits per heavy atom. The smallest absolute Gasteiger partial charge is 0.230 e. The first kappa shape index (κ1) is 17.0. The molecule has 0 saturated heterocycles. The van der Waals surface area contributed by atoms with Gasteiger partial charge in [0.15, 0.2) is 5.11 Å². The van der Waals surface area contributed by atoms with Gasteiger partial charge in [0.1, 0.15) is 5.75 Å². The molecule has 2 aromatic rings. The zero-order valence-corrected chi connectivity index (χ0v) is 14.0. The summed E-state index contributed by atoms with van der Waals surface area (Å²) in [6, 6.07) is 17.0. The van der Waals surface area contributed by atoms with Gasteiger partial charge >= 0.3 is 0 Å². The Morgan fingerprint density at radius 2 is 1.74 bits per heavy atom. The first-order valence-corrected chi connectivity index (χ1v) is 7.85. The van der Waals surface area contributed by atoms with Crippen molar-refractivity contribution in [3.63, 3.8) is 0 Å². The van der Waals surface area contributed by atoms with Crippen LogP contribution in [0.4, 0.5) is 5.69 Å². The van der Waals surface area contributed by atoms with E-state index in [1.54, 1.807) is 0 Å². The summed E-state index contributed by atoms with van der Waals surface area (Å²) in [5.41, 5.74) is 1.74. The van der Waals surface area contributed by atoms with Crippen LogP contribution in [0.1, 0.15) is 19.4 Å². The molecule has 0 atom stereocenters. The highest BCUT2D eigenvalue weighted by molar-refractivity contribution is 7.80. The largest absolute Gasteiger partial charge is 0.491 e. The summed E-state index contributed by atoms with van der Waals surface area (Å²) in [5.74, 6) is 0.640. The van der Waals surface area contributed by atoms with E-state index in [0.29, 0.717) is 5.11 Å². The van der Waals surface area contributed by atoms with Gasteiger partial charge < -0.3 is 15.4 Å². The van der Waals surface area contributed by atoms with Crippen LogP contribution in [0.15, 0.2) is 54.6 Å². The fraction of sp³-hybridized carbons (Fsp3) is 0.222. The zero-order valence-electron chi connectivity index (χ0n) is 13.2. The summed E-state index contributed by atoms with van der Waals surface area (Å²) < 4.78 is 5.57.